The Hall–Kier alpha value is -0.920. The number of carbonyl (C=O) groups excluding carboxylic acids is 1. The van der Waals surface area contributed by atoms with Crippen molar-refractivity contribution in [3.8, 4) is 0 Å². The van der Waals surface area contributed by atoms with Gasteiger partial charge in [-0.1, -0.05) is 59.6 Å². The first-order chi connectivity index (χ1) is 9.76. The van der Waals surface area contributed by atoms with Crippen LogP contribution in [0.3, 0.4) is 0 Å². The van der Waals surface area contributed by atoms with E-state index in [0.717, 1.165) is 5.56 Å². The van der Waals surface area contributed by atoms with Crippen LogP contribution in [-0.4, -0.2) is 16.4 Å². The van der Waals surface area contributed by atoms with Crippen LogP contribution in [0.1, 0.15) is 15.9 Å². The highest BCUT2D eigenvalue weighted by molar-refractivity contribution is 14.1. The molecule has 0 aliphatic heterocycles. The number of hydrogen-bond donors (Lipinski definition) is 0. The van der Waals surface area contributed by atoms with Crippen LogP contribution in [0.25, 0.3) is 0 Å². The maximum absolute atomic E-state index is 12.6. The number of sulfone groups is 1. The number of benzene rings is 2. The van der Waals surface area contributed by atoms with Crippen LogP contribution in [0, 0.1) is 6.92 Å². The summed E-state index contributed by atoms with van der Waals surface area (Å²) in [5, 5.41) is 0. The topological polar surface area (TPSA) is 51.2 Å². The quantitative estimate of drug-likeness (QED) is 0.415. The standard InChI is InChI=1S/C15H12ClIO3S/c1-11-7-9-13(10-8-11)21(19,20)15(16,17)14(18)12-5-3-2-4-6-12/h2-10H,1H3. The lowest BCUT2D eigenvalue weighted by Gasteiger charge is -2.19. The van der Waals surface area contributed by atoms with Gasteiger partial charge in [-0.2, -0.15) is 0 Å². The number of ketones is 1. The van der Waals surface area contributed by atoms with Gasteiger partial charge in [0, 0.05) is 5.56 Å². The molecular formula is C15H12ClIO3S. The molecule has 1 atom stereocenters. The lowest BCUT2D eigenvalue weighted by molar-refractivity contribution is 0.100. The Balaban J connectivity index is 2.47. The number of aryl methyl sites for hydroxylation is 1. The van der Waals surface area contributed by atoms with Crippen molar-refractivity contribution < 1.29 is 13.2 Å². The van der Waals surface area contributed by atoms with E-state index in [2.05, 4.69) is 0 Å². The van der Waals surface area contributed by atoms with E-state index in [9.17, 15) is 13.2 Å². The average molecular weight is 435 g/mol. The number of alkyl halides is 2. The summed E-state index contributed by atoms with van der Waals surface area (Å²) in [4.78, 5) is 12.5. The molecule has 2 rings (SSSR count). The van der Waals surface area contributed by atoms with E-state index in [1.165, 1.54) is 34.7 Å². The molecule has 0 fully saturated rings. The van der Waals surface area contributed by atoms with Crippen LogP contribution in [0.2, 0.25) is 0 Å². The van der Waals surface area contributed by atoms with E-state index < -0.39 is 17.8 Å². The van der Waals surface area contributed by atoms with Crippen molar-refractivity contribution in [1.82, 2.24) is 0 Å². The lowest BCUT2D eigenvalue weighted by Crippen LogP contribution is -2.35. The van der Waals surface area contributed by atoms with Gasteiger partial charge < -0.3 is 0 Å². The van der Waals surface area contributed by atoms with Gasteiger partial charge in [-0.3, -0.25) is 4.79 Å². The first-order valence-electron chi connectivity index (χ1n) is 6.06. The second kappa shape index (κ2) is 6.06. The highest BCUT2D eigenvalue weighted by Gasteiger charge is 2.47. The van der Waals surface area contributed by atoms with Gasteiger partial charge in [0.05, 0.1) is 4.90 Å². The van der Waals surface area contributed by atoms with Crippen LogP contribution in [0.5, 0.6) is 0 Å². The van der Waals surface area contributed by atoms with Crippen molar-refractivity contribution in [3.05, 3.63) is 65.7 Å². The summed E-state index contributed by atoms with van der Waals surface area (Å²) in [6, 6.07) is 14.4. The average Bonchev–Trinajstić information content (AvgIpc) is 2.47. The number of carbonyl (C=O) groups is 1. The summed E-state index contributed by atoms with van der Waals surface area (Å²) in [6.45, 7) is 1.85. The van der Waals surface area contributed by atoms with Gasteiger partial charge in [-0.05, 0) is 41.6 Å². The predicted octanol–water partition coefficient (Wildman–Crippen LogP) is 3.98. The maximum atomic E-state index is 12.6. The molecule has 2 aromatic rings. The van der Waals surface area contributed by atoms with Gasteiger partial charge in [-0.25, -0.2) is 8.42 Å². The smallest absolute Gasteiger partial charge is 0.262 e. The Labute approximate surface area is 142 Å². The summed E-state index contributed by atoms with van der Waals surface area (Å²) >= 11 is 7.62. The Morgan fingerprint density at radius 1 is 1.05 bits per heavy atom. The molecule has 0 aliphatic rings. The first-order valence-corrected chi connectivity index (χ1v) is 9.00. The van der Waals surface area contributed by atoms with Crippen LogP contribution < -0.4 is 0 Å². The third kappa shape index (κ3) is 3.14. The SMILES string of the molecule is Cc1ccc(S(=O)(=O)C(Cl)(I)C(=O)c2ccccc2)cc1. The number of rotatable bonds is 4. The Morgan fingerprint density at radius 3 is 2.10 bits per heavy atom. The monoisotopic (exact) mass is 434 g/mol. The molecule has 0 heterocycles. The molecule has 2 aromatic carbocycles. The fourth-order valence-electron chi connectivity index (χ4n) is 1.75. The summed E-state index contributed by atoms with van der Waals surface area (Å²) in [6.07, 6.45) is 0. The fraction of sp³-hybridized carbons (Fsp3) is 0.133. The van der Waals surface area contributed by atoms with Crippen LogP contribution in [0.4, 0.5) is 0 Å². The van der Waals surface area contributed by atoms with Crippen LogP contribution in [0.15, 0.2) is 59.5 Å². The molecule has 0 radical (unpaired) electrons. The summed E-state index contributed by atoms with van der Waals surface area (Å²) in [5.41, 5.74) is 1.19. The fourth-order valence-corrected chi connectivity index (χ4v) is 4.35. The van der Waals surface area contributed by atoms with Crippen molar-refractivity contribution in [2.24, 2.45) is 0 Å². The Kier molecular flexibility index (Phi) is 4.75. The van der Waals surface area contributed by atoms with E-state index in [-0.39, 0.29) is 10.5 Å². The van der Waals surface area contributed by atoms with Gasteiger partial charge in [0.15, 0.2) is 0 Å². The second-order valence-electron chi connectivity index (χ2n) is 4.53. The molecule has 0 spiro atoms. The molecule has 21 heavy (non-hydrogen) atoms. The van der Waals surface area contributed by atoms with Gasteiger partial charge in [0.2, 0.25) is 15.6 Å². The molecule has 6 heteroatoms. The van der Waals surface area contributed by atoms with E-state index in [1.54, 1.807) is 42.5 Å². The van der Waals surface area contributed by atoms with Crippen LogP contribution in [-0.2, 0) is 9.84 Å². The molecule has 0 aliphatic carbocycles. The van der Waals surface area contributed by atoms with Crippen molar-refractivity contribution in [2.45, 2.75) is 14.0 Å². The molecule has 0 N–H and O–H groups in total. The molecule has 0 saturated carbocycles. The van der Waals surface area contributed by atoms with Crippen molar-refractivity contribution >= 4 is 49.8 Å². The van der Waals surface area contributed by atoms with E-state index >= 15 is 0 Å². The largest absolute Gasteiger partial charge is 0.290 e. The molecule has 0 amide bonds. The minimum absolute atomic E-state index is 0.0294. The number of Topliss-reactive ketones (excluding diaryl/α,β-unsaturated/α-hetero) is 1. The lowest BCUT2D eigenvalue weighted by atomic mass is 10.1. The van der Waals surface area contributed by atoms with Gasteiger partial charge in [0.25, 0.3) is 2.21 Å². The number of hydrogen-bond acceptors (Lipinski definition) is 3. The van der Waals surface area contributed by atoms with Crippen molar-refractivity contribution in [2.75, 3.05) is 0 Å². The van der Waals surface area contributed by atoms with E-state index in [1.807, 2.05) is 6.92 Å². The normalized spacial score (nSPS) is 14.4. The number of halogens is 2. The van der Waals surface area contributed by atoms with E-state index in [4.69, 9.17) is 11.6 Å². The summed E-state index contributed by atoms with van der Waals surface area (Å²) < 4.78 is 23.2. The molecule has 3 nitrogen and oxygen atoms in total. The van der Waals surface area contributed by atoms with Crippen LogP contribution >= 0.6 is 34.2 Å². The minimum atomic E-state index is -4.00. The molecule has 0 bridgehead atoms. The van der Waals surface area contributed by atoms with Crippen molar-refractivity contribution in [3.63, 3.8) is 0 Å². The zero-order valence-electron chi connectivity index (χ0n) is 11.1. The van der Waals surface area contributed by atoms with Gasteiger partial charge >= 0.3 is 0 Å². The van der Waals surface area contributed by atoms with E-state index in [0.29, 0.717) is 0 Å². The highest BCUT2D eigenvalue weighted by Crippen LogP contribution is 2.39. The summed E-state index contributed by atoms with van der Waals surface area (Å²) in [5.74, 6) is -0.647. The highest BCUT2D eigenvalue weighted by atomic mass is 127. The molecule has 110 valence electrons. The maximum Gasteiger partial charge on any atom is 0.262 e. The third-order valence-electron chi connectivity index (χ3n) is 2.97. The molecule has 0 saturated heterocycles. The zero-order valence-corrected chi connectivity index (χ0v) is 14.8. The Bertz CT molecular complexity index is 753. The van der Waals surface area contributed by atoms with Gasteiger partial charge in [-0.15, -0.1) is 0 Å². The molecule has 1 unspecified atom stereocenters. The Morgan fingerprint density at radius 2 is 1.57 bits per heavy atom. The minimum Gasteiger partial charge on any atom is -0.290 e. The molecule has 0 aromatic heterocycles. The zero-order chi connectivity index (χ0) is 15.7. The third-order valence-corrected chi connectivity index (χ3v) is 7.73. The summed E-state index contributed by atoms with van der Waals surface area (Å²) in [7, 11) is -4.00. The molecular weight excluding hydrogens is 423 g/mol. The first kappa shape index (κ1) is 16.5. The second-order valence-corrected chi connectivity index (χ2v) is 10.4. The van der Waals surface area contributed by atoms with Gasteiger partial charge in [0.1, 0.15) is 0 Å². The predicted molar refractivity (Wildman–Crippen MR) is 91.7 cm³/mol. The van der Waals surface area contributed by atoms with Crippen molar-refractivity contribution in [1.29, 1.82) is 0 Å².